The summed E-state index contributed by atoms with van der Waals surface area (Å²) in [6.07, 6.45) is 6.96. The van der Waals surface area contributed by atoms with E-state index in [1.165, 1.54) is 10.6 Å². The van der Waals surface area contributed by atoms with E-state index >= 15 is 0 Å². The predicted molar refractivity (Wildman–Crippen MR) is 132 cm³/mol. The van der Waals surface area contributed by atoms with E-state index in [1.807, 2.05) is 24.8 Å². The van der Waals surface area contributed by atoms with Crippen molar-refractivity contribution < 1.29 is 9.15 Å². The minimum absolute atomic E-state index is 0.552. The van der Waals surface area contributed by atoms with E-state index in [-0.39, 0.29) is 0 Å². The first-order valence-corrected chi connectivity index (χ1v) is 13.2. The molecule has 6 rings (SSSR count). The Bertz CT molecular complexity index is 1330. The Balaban J connectivity index is 1.53. The Labute approximate surface area is 200 Å². The molecule has 4 aromatic heterocycles. The van der Waals surface area contributed by atoms with Crippen LogP contribution in [0.25, 0.3) is 32.0 Å². The highest BCUT2D eigenvalue weighted by Crippen LogP contribution is 2.49. The number of pyridine rings is 2. The van der Waals surface area contributed by atoms with Crippen LogP contribution in [-0.4, -0.2) is 39.1 Å². The number of nitrogen functional groups attached to an aromatic ring is 1. The Hall–Kier alpha value is -2.49. The summed E-state index contributed by atoms with van der Waals surface area (Å²) in [4.78, 5) is 11.8. The zero-order chi connectivity index (χ0) is 22.4. The summed E-state index contributed by atoms with van der Waals surface area (Å²) in [6.45, 7) is 3.55. The molecule has 0 bridgehead atoms. The summed E-state index contributed by atoms with van der Waals surface area (Å²) in [6, 6.07) is 4.23. The standard InChI is InChI=1S/C24H25N5O2S2/c1-13-28-29-24(31-13)19-16(3-2-14-5-9-30-10-6-14)27-17-7-11-32-22(17)20(19)18-12-15-4-8-26-23(25)21(15)33-18/h4,8,12,14H,2-3,5-7,9-11H2,1H3,(H2,25,26). The van der Waals surface area contributed by atoms with Gasteiger partial charge in [-0.3, -0.25) is 4.98 Å². The second-order valence-electron chi connectivity index (χ2n) is 8.63. The van der Waals surface area contributed by atoms with Crippen molar-refractivity contribution in [2.45, 2.75) is 43.9 Å². The number of aryl methyl sites for hydroxylation is 3. The molecule has 0 atom stereocenters. The molecule has 1 saturated heterocycles. The normalized spacial score (nSPS) is 16.5. The predicted octanol–water partition coefficient (Wildman–Crippen LogP) is 5.31. The summed E-state index contributed by atoms with van der Waals surface area (Å²) in [5.41, 5.74) is 10.6. The Morgan fingerprint density at radius 1 is 1.18 bits per heavy atom. The average molecular weight is 480 g/mol. The Morgan fingerprint density at radius 2 is 2.06 bits per heavy atom. The number of thioether (sulfide) groups is 1. The van der Waals surface area contributed by atoms with Gasteiger partial charge in [0.25, 0.3) is 0 Å². The van der Waals surface area contributed by atoms with Crippen LogP contribution in [0.1, 0.15) is 36.5 Å². The molecule has 170 valence electrons. The lowest BCUT2D eigenvalue weighted by Crippen LogP contribution is -2.16. The lowest BCUT2D eigenvalue weighted by Gasteiger charge is -2.22. The van der Waals surface area contributed by atoms with Crippen molar-refractivity contribution in [3.8, 4) is 21.9 Å². The zero-order valence-electron chi connectivity index (χ0n) is 18.5. The van der Waals surface area contributed by atoms with Crippen molar-refractivity contribution in [1.29, 1.82) is 0 Å². The molecule has 2 aliphatic heterocycles. The van der Waals surface area contributed by atoms with E-state index in [0.717, 1.165) is 82.9 Å². The molecule has 33 heavy (non-hydrogen) atoms. The first-order chi connectivity index (χ1) is 16.2. The lowest BCUT2D eigenvalue weighted by atomic mass is 9.91. The smallest absolute Gasteiger partial charge is 0.250 e. The van der Waals surface area contributed by atoms with Crippen molar-refractivity contribution in [2.24, 2.45) is 5.92 Å². The van der Waals surface area contributed by atoms with Crippen LogP contribution >= 0.6 is 23.1 Å². The maximum atomic E-state index is 6.20. The van der Waals surface area contributed by atoms with Crippen LogP contribution in [0.4, 0.5) is 5.82 Å². The third kappa shape index (κ3) is 3.92. The Kier molecular flexibility index (Phi) is 5.55. The number of aromatic nitrogens is 4. The van der Waals surface area contributed by atoms with Crippen LogP contribution in [0.3, 0.4) is 0 Å². The molecule has 0 amide bonds. The highest BCUT2D eigenvalue weighted by atomic mass is 32.2. The number of anilines is 1. The number of hydrogen-bond acceptors (Lipinski definition) is 9. The number of ether oxygens (including phenoxy) is 1. The van der Waals surface area contributed by atoms with Gasteiger partial charge in [0.1, 0.15) is 5.82 Å². The fourth-order valence-electron chi connectivity index (χ4n) is 4.78. The largest absolute Gasteiger partial charge is 0.421 e. The van der Waals surface area contributed by atoms with Gasteiger partial charge in [0.2, 0.25) is 11.8 Å². The molecule has 4 aromatic rings. The van der Waals surface area contributed by atoms with Gasteiger partial charge in [-0.15, -0.1) is 33.3 Å². The third-order valence-corrected chi connectivity index (χ3v) is 8.79. The second kappa shape index (κ2) is 8.70. The van der Waals surface area contributed by atoms with Crippen LogP contribution in [-0.2, 0) is 17.6 Å². The fourth-order valence-corrected chi connectivity index (χ4v) is 7.12. The molecular formula is C24H25N5O2S2. The van der Waals surface area contributed by atoms with Gasteiger partial charge in [0, 0.05) is 53.8 Å². The number of hydrogen-bond donors (Lipinski definition) is 1. The van der Waals surface area contributed by atoms with Crippen LogP contribution in [0, 0.1) is 12.8 Å². The minimum atomic E-state index is 0.552. The molecule has 0 radical (unpaired) electrons. The molecule has 7 nitrogen and oxygen atoms in total. The van der Waals surface area contributed by atoms with Gasteiger partial charge in [0.05, 0.1) is 21.7 Å². The number of thiophene rings is 1. The summed E-state index contributed by atoms with van der Waals surface area (Å²) < 4.78 is 12.6. The number of rotatable bonds is 5. The van der Waals surface area contributed by atoms with E-state index in [4.69, 9.17) is 19.9 Å². The molecule has 0 saturated carbocycles. The Morgan fingerprint density at radius 3 is 2.85 bits per heavy atom. The van der Waals surface area contributed by atoms with Gasteiger partial charge in [-0.2, -0.15) is 0 Å². The molecule has 0 unspecified atom stereocenters. The number of nitrogens with two attached hydrogens (primary N) is 1. The minimum Gasteiger partial charge on any atom is -0.421 e. The molecule has 0 spiro atoms. The second-order valence-corrected chi connectivity index (χ2v) is 10.8. The van der Waals surface area contributed by atoms with E-state index in [2.05, 4.69) is 21.2 Å². The van der Waals surface area contributed by atoms with Gasteiger partial charge < -0.3 is 14.9 Å². The third-order valence-electron chi connectivity index (χ3n) is 6.46. The SMILES string of the molecule is Cc1nnc(-c2c(CCC3CCOCC3)nc3c(c2-c2cc4ccnc(N)c4s2)SCC3)o1. The van der Waals surface area contributed by atoms with Crippen LogP contribution < -0.4 is 5.73 Å². The van der Waals surface area contributed by atoms with Crippen molar-refractivity contribution >= 4 is 39.0 Å². The van der Waals surface area contributed by atoms with Crippen molar-refractivity contribution in [1.82, 2.24) is 20.2 Å². The van der Waals surface area contributed by atoms with Gasteiger partial charge in [0.15, 0.2) is 0 Å². The lowest BCUT2D eigenvalue weighted by molar-refractivity contribution is 0.0639. The maximum Gasteiger partial charge on any atom is 0.250 e. The molecule has 1 fully saturated rings. The van der Waals surface area contributed by atoms with E-state index in [1.54, 1.807) is 17.5 Å². The van der Waals surface area contributed by atoms with Crippen molar-refractivity contribution in [3.05, 3.63) is 35.6 Å². The molecule has 0 aromatic carbocycles. The van der Waals surface area contributed by atoms with Crippen LogP contribution in [0.5, 0.6) is 0 Å². The van der Waals surface area contributed by atoms with Crippen molar-refractivity contribution in [3.63, 3.8) is 0 Å². The number of nitrogens with zero attached hydrogens (tertiary/aromatic N) is 4. The van der Waals surface area contributed by atoms with E-state index in [0.29, 0.717) is 23.5 Å². The summed E-state index contributed by atoms with van der Waals surface area (Å²) in [5.74, 6) is 3.38. The number of fused-ring (bicyclic) bond motifs is 2. The summed E-state index contributed by atoms with van der Waals surface area (Å²) in [5, 5.41) is 9.69. The molecule has 2 aliphatic rings. The van der Waals surface area contributed by atoms with E-state index < -0.39 is 0 Å². The average Bonchev–Trinajstić information content (AvgIpc) is 3.57. The molecule has 9 heteroatoms. The quantitative estimate of drug-likeness (QED) is 0.411. The molecule has 2 N–H and O–H groups in total. The molecule has 6 heterocycles. The van der Waals surface area contributed by atoms with Gasteiger partial charge in [-0.05, 0) is 49.1 Å². The maximum absolute atomic E-state index is 6.20. The first-order valence-electron chi connectivity index (χ1n) is 11.4. The topological polar surface area (TPSA) is 100.0 Å². The summed E-state index contributed by atoms with van der Waals surface area (Å²) >= 11 is 3.54. The fraction of sp³-hybridized carbons (Fsp3) is 0.417. The highest BCUT2D eigenvalue weighted by molar-refractivity contribution is 7.99. The summed E-state index contributed by atoms with van der Waals surface area (Å²) in [7, 11) is 0. The van der Waals surface area contributed by atoms with Crippen molar-refractivity contribution in [2.75, 3.05) is 24.7 Å². The van der Waals surface area contributed by atoms with E-state index in [9.17, 15) is 0 Å². The first kappa shape index (κ1) is 21.1. The molecule has 0 aliphatic carbocycles. The van der Waals surface area contributed by atoms with Crippen LogP contribution in [0.2, 0.25) is 0 Å². The highest BCUT2D eigenvalue weighted by Gasteiger charge is 2.29. The van der Waals surface area contributed by atoms with Gasteiger partial charge in [-0.1, -0.05) is 0 Å². The molecular weight excluding hydrogens is 454 g/mol. The monoisotopic (exact) mass is 479 g/mol. The van der Waals surface area contributed by atoms with Gasteiger partial charge in [-0.25, -0.2) is 4.98 Å². The zero-order valence-corrected chi connectivity index (χ0v) is 20.1. The van der Waals surface area contributed by atoms with Gasteiger partial charge >= 0.3 is 0 Å². The van der Waals surface area contributed by atoms with Crippen LogP contribution in [0.15, 0.2) is 27.6 Å².